The van der Waals surface area contributed by atoms with E-state index in [0.29, 0.717) is 11.1 Å². The number of carbonyl (C=O) groups is 1. The van der Waals surface area contributed by atoms with Crippen LogP contribution in [0, 0.1) is 17.1 Å². The molecule has 0 saturated heterocycles. The molecular weight excluding hydrogens is 267 g/mol. The minimum atomic E-state index is -0.322. The van der Waals surface area contributed by atoms with Crippen LogP contribution in [0.1, 0.15) is 21.5 Å². The number of aromatic nitrogens is 1. The van der Waals surface area contributed by atoms with Crippen molar-refractivity contribution >= 4 is 16.7 Å². The number of ketones is 1. The van der Waals surface area contributed by atoms with Crippen LogP contribution in [-0.2, 0) is 6.42 Å². The van der Waals surface area contributed by atoms with E-state index in [-0.39, 0.29) is 18.0 Å². The Morgan fingerprint density at radius 2 is 1.95 bits per heavy atom. The molecule has 21 heavy (non-hydrogen) atoms. The second kappa shape index (κ2) is 5.22. The Bertz CT molecular complexity index is 857. The van der Waals surface area contributed by atoms with Crippen molar-refractivity contribution < 1.29 is 9.18 Å². The number of Topliss-reactive ketones (excluding diaryl/α,β-unsaturated/α-hetero) is 1. The standard InChI is InChI=1S/C17H11FN2O/c18-13-4-1-11(2-5-13)8-17(21)15-10-20-16-6-3-12(9-19)7-14(15)16/h1-7,10,20H,8H2. The number of aromatic amines is 1. The molecule has 0 radical (unpaired) electrons. The van der Waals surface area contributed by atoms with E-state index in [9.17, 15) is 9.18 Å². The smallest absolute Gasteiger partial charge is 0.169 e. The van der Waals surface area contributed by atoms with Gasteiger partial charge in [-0.2, -0.15) is 5.26 Å². The summed E-state index contributed by atoms with van der Waals surface area (Å²) in [5.74, 6) is -0.389. The maximum absolute atomic E-state index is 12.9. The first kappa shape index (κ1) is 13.1. The van der Waals surface area contributed by atoms with E-state index < -0.39 is 0 Å². The van der Waals surface area contributed by atoms with Crippen LogP contribution in [0.2, 0.25) is 0 Å². The summed E-state index contributed by atoms with van der Waals surface area (Å²) in [6.07, 6.45) is 1.85. The van der Waals surface area contributed by atoms with Crippen molar-refractivity contribution in [1.29, 1.82) is 5.26 Å². The van der Waals surface area contributed by atoms with Gasteiger partial charge in [0.25, 0.3) is 0 Å². The number of fused-ring (bicyclic) bond motifs is 1. The molecule has 3 nitrogen and oxygen atoms in total. The van der Waals surface area contributed by atoms with Crippen LogP contribution in [0.4, 0.5) is 4.39 Å². The second-order valence-corrected chi connectivity index (χ2v) is 4.80. The fourth-order valence-electron chi connectivity index (χ4n) is 2.30. The lowest BCUT2D eigenvalue weighted by Gasteiger charge is -2.01. The van der Waals surface area contributed by atoms with Crippen LogP contribution in [0.3, 0.4) is 0 Å². The summed E-state index contributed by atoms with van der Waals surface area (Å²) in [7, 11) is 0. The molecule has 0 atom stereocenters. The molecule has 0 aliphatic heterocycles. The highest BCUT2D eigenvalue weighted by Gasteiger charge is 2.13. The number of nitrogens with one attached hydrogen (secondary N) is 1. The number of rotatable bonds is 3. The van der Waals surface area contributed by atoms with Crippen molar-refractivity contribution in [3.63, 3.8) is 0 Å². The average molecular weight is 278 g/mol. The van der Waals surface area contributed by atoms with Crippen molar-refractivity contribution in [2.75, 3.05) is 0 Å². The van der Waals surface area contributed by atoms with E-state index in [2.05, 4.69) is 11.1 Å². The fraction of sp³-hybridized carbons (Fsp3) is 0.0588. The molecule has 1 aromatic heterocycles. The zero-order valence-electron chi connectivity index (χ0n) is 11.1. The van der Waals surface area contributed by atoms with Gasteiger partial charge >= 0.3 is 0 Å². The Morgan fingerprint density at radius 1 is 1.19 bits per heavy atom. The molecule has 1 N–H and O–H groups in total. The molecule has 0 amide bonds. The van der Waals surface area contributed by atoms with Gasteiger partial charge in [0.15, 0.2) is 5.78 Å². The highest BCUT2D eigenvalue weighted by Crippen LogP contribution is 2.21. The van der Waals surface area contributed by atoms with Gasteiger partial charge < -0.3 is 4.98 Å². The lowest BCUT2D eigenvalue weighted by molar-refractivity contribution is 0.0994. The number of benzene rings is 2. The number of halogens is 1. The lowest BCUT2D eigenvalue weighted by atomic mass is 10.0. The molecule has 0 unspecified atom stereocenters. The summed E-state index contributed by atoms with van der Waals surface area (Å²) in [5, 5.41) is 9.68. The zero-order chi connectivity index (χ0) is 14.8. The first-order valence-electron chi connectivity index (χ1n) is 6.46. The number of nitrogens with zero attached hydrogens (tertiary/aromatic N) is 1. The average Bonchev–Trinajstić information content (AvgIpc) is 2.92. The summed E-state index contributed by atoms with van der Waals surface area (Å²) in [5.41, 5.74) is 2.63. The van der Waals surface area contributed by atoms with E-state index in [1.165, 1.54) is 12.1 Å². The minimum Gasteiger partial charge on any atom is -0.360 e. The lowest BCUT2D eigenvalue weighted by Crippen LogP contribution is -2.02. The van der Waals surface area contributed by atoms with Gasteiger partial charge in [0.2, 0.25) is 0 Å². The quantitative estimate of drug-likeness (QED) is 0.744. The maximum atomic E-state index is 12.9. The van der Waals surface area contributed by atoms with Gasteiger partial charge in [-0.05, 0) is 35.9 Å². The molecule has 2 aromatic carbocycles. The molecule has 3 aromatic rings. The Morgan fingerprint density at radius 3 is 2.67 bits per heavy atom. The molecule has 0 aliphatic carbocycles. The summed E-state index contributed by atoms with van der Waals surface area (Å²) in [6.45, 7) is 0. The topological polar surface area (TPSA) is 56.6 Å². The van der Waals surface area contributed by atoms with Crippen LogP contribution >= 0.6 is 0 Å². The van der Waals surface area contributed by atoms with E-state index in [1.54, 1.807) is 36.5 Å². The predicted octanol–water partition coefficient (Wildman–Crippen LogP) is 3.60. The molecule has 1 heterocycles. The molecule has 0 bridgehead atoms. The van der Waals surface area contributed by atoms with E-state index >= 15 is 0 Å². The normalized spacial score (nSPS) is 10.5. The number of carbonyl (C=O) groups excluding carboxylic acids is 1. The molecule has 102 valence electrons. The highest BCUT2D eigenvalue weighted by molar-refractivity contribution is 6.08. The summed E-state index contributed by atoms with van der Waals surface area (Å²) >= 11 is 0. The molecule has 0 fully saturated rings. The maximum Gasteiger partial charge on any atom is 0.169 e. The number of hydrogen-bond donors (Lipinski definition) is 1. The van der Waals surface area contributed by atoms with Crippen molar-refractivity contribution in [2.24, 2.45) is 0 Å². The number of H-pyrrole nitrogens is 1. The first-order valence-corrected chi connectivity index (χ1v) is 6.46. The van der Waals surface area contributed by atoms with Crippen LogP contribution in [-0.4, -0.2) is 10.8 Å². The van der Waals surface area contributed by atoms with E-state index in [0.717, 1.165) is 16.5 Å². The molecule has 3 rings (SSSR count). The second-order valence-electron chi connectivity index (χ2n) is 4.80. The summed E-state index contributed by atoms with van der Waals surface area (Å²) in [6, 6.07) is 13.1. The third-order valence-electron chi connectivity index (χ3n) is 3.39. The van der Waals surface area contributed by atoms with Crippen molar-refractivity contribution in [3.8, 4) is 6.07 Å². The van der Waals surface area contributed by atoms with Crippen molar-refractivity contribution in [1.82, 2.24) is 4.98 Å². The van der Waals surface area contributed by atoms with Crippen LogP contribution in [0.15, 0.2) is 48.7 Å². The summed E-state index contributed by atoms with van der Waals surface area (Å²) < 4.78 is 12.9. The largest absolute Gasteiger partial charge is 0.360 e. The third-order valence-corrected chi connectivity index (χ3v) is 3.39. The van der Waals surface area contributed by atoms with Gasteiger partial charge in [0.05, 0.1) is 11.6 Å². The Kier molecular flexibility index (Phi) is 3.25. The monoisotopic (exact) mass is 278 g/mol. The van der Waals surface area contributed by atoms with Gasteiger partial charge in [-0.15, -0.1) is 0 Å². The van der Waals surface area contributed by atoms with E-state index in [4.69, 9.17) is 5.26 Å². The first-order chi connectivity index (χ1) is 10.2. The number of hydrogen-bond acceptors (Lipinski definition) is 2. The van der Waals surface area contributed by atoms with Crippen LogP contribution in [0.5, 0.6) is 0 Å². The summed E-state index contributed by atoms with van der Waals surface area (Å²) in [4.78, 5) is 15.4. The van der Waals surface area contributed by atoms with E-state index in [1.807, 2.05) is 0 Å². The van der Waals surface area contributed by atoms with Crippen molar-refractivity contribution in [3.05, 3.63) is 71.2 Å². The molecule has 0 aliphatic rings. The zero-order valence-corrected chi connectivity index (χ0v) is 11.1. The molecule has 0 spiro atoms. The Balaban J connectivity index is 1.94. The number of nitriles is 1. The van der Waals surface area contributed by atoms with Crippen LogP contribution in [0.25, 0.3) is 10.9 Å². The van der Waals surface area contributed by atoms with Crippen LogP contribution < -0.4 is 0 Å². The van der Waals surface area contributed by atoms with Crippen molar-refractivity contribution in [2.45, 2.75) is 6.42 Å². The van der Waals surface area contributed by atoms with Gasteiger partial charge in [-0.3, -0.25) is 4.79 Å². The molecule has 4 heteroatoms. The van der Waals surface area contributed by atoms with Gasteiger partial charge in [0.1, 0.15) is 5.82 Å². The molecular formula is C17H11FN2O. The Labute approximate surface area is 120 Å². The van der Waals surface area contributed by atoms with Gasteiger partial charge in [-0.25, -0.2) is 4.39 Å². The molecule has 0 saturated carbocycles. The SMILES string of the molecule is N#Cc1ccc2[nH]cc(C(=O)Cc3ccc(F)cc3)c2c1. The minimum absolute atomic E-state index is 0.0667. The van der Waals surface area contributed by atoms with Gasteiger partial charge in [-0.1, -0.05) is 12.1 Å². The van der Waals surface area contributed by atoms with Gasteiger partial charge in [0, 0.05) is 29.1 Å². The fourth-order valence-corrected chi connectivity index (χ4v) is 2.30. The highest BCUT2D eigenvalue weighted by atomic mass is 19.1. The predicted molar refractivity (Wildman–Crippen MR) is 77.4 cm³/mol. The third kappa shape index (κ3) is 2.54. The Hall–Kier alpha value is -2.93.